The van der Waals surface area contributed by atoms with Crippen LogP contribution in [0.15, 0.2) is 47.4 Å². The fourth-order valence-electron chi connectivity index (χ4n) is 3.10. The number of benzene rings is 1. The first-order valence-electron chi connectivity index (χ1n) is 8.20. The van der Waals surface area contributed by atoms with E-state index in [9.17, 15) is 9.59 Å². The molecule has 0 radical (unpaired) electrons. The highest BCUT2D eigenvalue weighted by molar-refractivity contribution is 7.99. The second-order valence-electron chi connectivity index (χ2n) is 6.13. The molecule has 0 spiro atoms. The molecule has 4 nitrogen and oxygen atoms in total. The zero-order valence-electron chi connectivity index (χ0n) is 14.1. The smallest absolute Gasteiger partial charge is 0.263 e. The number of aryl methyl sites for hydroxylation is 2. The SMILES string of the molecule is Cc1ccccc1C1CCN(C(=O)c2cccn(C)c2=O)CCS1. The minimum Gasteiger partial charge on any atom is -0.338 e. The minimum absolute atomic E-state index is 0.151. The second kappa shape index (κ2) is 7.26. The van der Waals surface area contributed by atoms with E-state index in [0.29, 0.717) is 18.3 Å². The summed E-state index contributed by atoms with van der Waals surface area (Å²) < 4.78 is 1.45. The van der Waals surface area contributed by atoms with Crippen molar-refractivity contribution in [1.82, 2.24) is 9.47 Å². The fraction of sp³-hybridized carbons (Fsp3) is 0.368. The molecule has 0 bridgehead atoms. The first kappa shape index (κ1) is 16.8. The molecule has 1 aromatic carbocycles. The molecule has 0 aliphatic carbocycles. The molecule has 1 unspecified atom stereocenters. The molecule has 126 valence electrons. The Bertz CT molecular complexity index is 800. The van der Waals surface area contributed by atoms with Gasteiger partial charge in [0.05, 0.1) is 0 Å². The molecule has 5 heteroatoms. The molecule has 1 aromatic heterocycles. The van der Waals surface area contributed by atoms with Crippen molar-refractivity contribution in [1.29, 1.82) is 0 Å². The zero-order valence-corrected chi connectivity index (χ0v) is 14.9. The summed E-state index contributed by atoms with van der Waals surface area (Å²) in [5, 5.41) is 0.405. The molecule has 2 heterocycles. The van der Waals surface area contributed by atoms with Gasteiger partial charge in [-0.3, -0.25) is 9.59 Å². The van der Waals surface area contributed by atoms with Gasteiger partial charge >= 0.3 is 0 Å². The third kappa shape index (κ3) is 3.41. The lowest BCUT2D eigenvalue weighted by Gasteiger charge is -2.20. The highest BCUT2D eigenvalue weighted by Gasteiger charge is 2.25. The summed E-state index contributed by atoms with van der Waals surface area (Å²) >= 11 is 1.90. The summed E-state index contributed by atoms with van der Waals surface area (Å²) in [5.74, 6) is 0.736. The molecular weight excluding hydrogens is 320 g/mol. The number of carbonyl (C=O) groups is 1. The van der Waals surface area contributed by atoms with Gasteiger partial charge in [-0.1, -0.05) is 24.3 Å². The molecule has 2 aromatic rings. The van der Waals surface area contributed by atoms with Crippen LogP contribution in [0.2, 0.25) is 0 Å². The van der Waals surface area contributed by atoms with Crippen molar-refractivity contribution >= 4 is 17.7 Å². The lowest BCUT2D eigenvalue weighted by Crippen LogP contribution is -2.37. The van der Waals surface area contributed by atoms with Crippen molar-refractivity contribution in [2.24, 2.45) is 7.05 Å². The lowest BCUT2D eigenvalue weighted by molar-refractivity contribution is 0.0764. The van der Waals surface area contributed by atoms with E-state index in [2.05, 4.69) is 31.2 Å². The molecule has 0 saturated carbocycles. The molecule has 0 N–H and O–H groups in total. The van der Waals surface area contributed by atoms with Gasteiger partial charge in [0.1, 0.15) is 5.56 Å². The Balaban J connectivity index is 1.76. The molecule has 1 fully saturated rings. The van der Waals surface area contributed by atoms with Gasteiger partial charge in [0.15, 0.2) is 0 Å². The third-order valence-corrected chi connectivity index (χ3v) is 5.83. The van der Waals surface area contributed by atoms with Crippen LogP contribution in [0.1, 0.15) is 33.2 Å². The Hall–Kier alpha value is -2.01. The highest BCUT2D eigenvalue weighted by atomic mass is 32.2. The van der Waals surface area contributed by atoms with E-state index in [0.717, 1.165) is 12.2 Å². The predicted octanol–water partition coefficient (Wildman–Crippen LogP) is 3.01. The van der Waals surface area contributed by atoms with Gasteiger partial charge in [0.25, 0.3) is 11.5 Å². The van der Waals surface area contributed by atoms with Gasteiger partial charge in [-0.15, -0.1) is 0 Å². The third-order valence-electron chi connectivity index (χ3n) is 4.52. The van der Waals surface area contributed by atoms with Crippen LogP contribution in [0.25, 0.3) is 0 Å². The number of pyridine rings is 1. The number of thioether (sulfide) groups is 1. The molecule has 1 amide bonds. The summed E-state index contributed by atoms with van der Waals surface area (Å²) in [6.07, 6.45) is 2.58. The summed E-state index contributed by atoms with van der Waals surface area (Å²) in [7, 11) is 1.67. The molecule has 1 atom stereocenters. The number of amides is 1. The maximum absolute atomic E-state index is 12.7. The lowest BCUT2D eigenvalue weighted by atomic mass is 10.0. The summed E-state index contributed by atoms with van der Waals surface area (Å²) in [6.45, 7) is 3.50. The topological polar surface area (TPSA) is 42.3 Å². The van der Waals surface area contributed by atoms with Crippen LogP contribution < -0.4 is 5.56 Å². The molecular formula is C19H22N2O2S. The monoisotopic (exact) mass is 342 g/mol. The Morgan fingerprint density at radius 1 is 1.17 bits per heavy atom. The molecule has 1 aliphatic heterocycles. The average Bonchev–Trinajstić information content (AvgIpc) is 2.83. The van der Waals surface area contributed by atoms with Crippen molar-refractivity contribution in [3.05, 3.63) is 69.6 Å². The van der Waals surface area contributed by atoms with Crippen LogP contribution in [0.3, 0.4) is 0 Å². The quantitative estimate of drug-likeness (QED) is 0.842. The maximum Gasteiger partial charge on any atom is 0.263 e. The van der Waals surface area contributed by atoms with E-state index in [-0.39, 0.29) is 17.0 Å². The van der Waals surface area contributed by atoms with Crippen LogP contribution in [0, 0.1) is 6.92 Å². The largest absolute Gasteiger partial charge is 0.338 e. The number of rotatable bonds is 2. The summed E-state index contributed by atoms with van der Waals surface area (Å²) in [5.41, 5.74) is 2.69. The summed E-state index contributed by atoms with van der Waals surface area (Å²) in [6, 6.07) is 11.8. The molecule has 3 rings (SSSR count). The van der Waals surface area contributed by atoms with Gasteiger partial charge in [-0.25, -0.2) is 0 Å². The van der Waals surface area contributed by atoms with E-state index >= 15 is 0 Å². The molecule has 1 saturated heterocycles. The van der Waals surface area contributed by atoms with E-state index in [4.69, 9.17) is 0 Å². The Morgan fingerprint density at radius 2 is 1.96 bits per heavy atom. The van der Waals surface area contributed by atoms with E-state index < -0.39 is 0 Å². The number of hydrogen-bond acceptors (Lipinski definition) is 3. The minimum atomic E-state index is -0.227. The van der Waals surface area contributed by atoms with Gasteiger partial charge in [-0.2, -0.15) is 11.8 Å². The van der Waals surface area contributed by atoms with Crippen LogP contribution in [-0.4, -0.2) is 34.2 Å². The highest BCUT2D eigenvalue weighted by Crippen LogP contribution is 2.36. The first-order chi connectivity index (χ1) is 11.6. The Labute approximate surface area is 146 Å². The predicted molar refractivity (Wildman–Crippen MR) is 98.6 cm³/mol. The second-order valence-corrected chi connectivity index (χ2v) is 7.45. The Kier molecular flexibility index (Phi) is 5.09. The Morgan fingerprint density at radius 3 is 2.75 bits per heavy atom. The van der Waals surface area contributed by atoms with Gasteiger partial charge in [0, 0.05) is 37.3 Å². The number of hydrogen-bond donors (Lipinski definition) is 0. The van der Waals surface area contributed by atoms with Crippen molar-refractivity contribution in [3.63, 3.8) is 0 Å². The van der Waals surface area contributed by atoms with E-state index in [1.807, 2.05) is 16.7 Å². The maximum atomic E-state index is 12.7. The molecule has 1 aliphatic rings. The van der Waals surface area contributed by atoms with Crippen LogP contribution in [-0.2, 0) is 7.05 Å². The van der Waals surface area contributed by atoms with E-state index in [1.165, 1.54) is 15.7 Å². The number of carbonyl (C=O) groups excluding carboxylic acids is 1. The standard InChI is InChI=1S/C19H22N2O2S/c1-14-6-3-4-7-15(14)17-9-11-21(12-13-24-17)19(23)16-8-5-10-20(2)18(16)22/h3-8,10,17H,9,11-13H2,1-2H3. The van der Waals surface area contributed by atoms with Crippen LogP contribution in [0.4, 0.5) is 0 Å². The summed E-state index contributed by atoms with van der Waals surface area (Å²) in [4.78, 5) is 26.7. The van der Waals surface area contributed by atoms with Crippen LogP contribution >= 0.6 is 11.8 Å². The van der Waals surface area contributed by atoms with Crippen molar-refractivity contribution in [3.8, 4) is 0 Å². The van der Waals surface area contributed by atoms with Gasteiger partial charge in [-0.05, 0) is 36.6 Å². The van der Waals surface area contributed by atoms with Crippen LogP contribution in [0.5, 0.6) is 0 Å². The van der Waals surface area contributed by atoms with Crippen molar-refractivity contribution in [2.45, 2.75) is 18.6 Å². The van der Waals surface area contributed by atoms with Crippen molar-refractivity contribution in [2.75, 3.05) is 18.8 Å². The van der Waals surface area contributed by atoms with Gasteiger partial charge < -0.3 is 9.47 Å². The van der Waals surface area contributed by atoms with Crippen molar-refractivity contribution < 1.29 is 4.79 Å². The fourth-order valence-corrected chi connectivity index (χ4v) is 4.43. The average molecular weight is 342 g/mol. The van der Waals surface area contributed by atoms with E-state index in [1.54, 1.807) is 25.4 Å². The van der Waals surface area contributed by atoms with Gasteiger partial charge in [0.2, 0.25) is 0 Å². The normalized spacial score (nSPS) is 18.2. The molecule has 24 heavy (non-hydrogen) atoms. The number of aromatic nitrogens is 1. The zero-order chi connectivity index (χ0) is 17.1. The number of nitrogens with zero attached hydrogens (tertiary/aromatic N) is 2. The first-order valence-corrected chi connectivity index (χ1v) is 9.25.